The molecule has 0 unspecified atom stereocenters. The Bertz CT molecular complexity index is 936. The van der Waals surface area contributed by atoms with Crippen molar-refractivity contribution in [2.24, 2.45) is 0 Å². The summed E-state index contributed by atoms with van der Waals surface area (Å²) in [4.78, 5) is 22.6. The van der Waals surface area contributed by atoms with Crippen molar-refractivity contribution in [3.8, 4) is 5.69 Å². The molecule has 1 amide bonds. The van der Waals surface area contributed by atoms with Crippen LogP contribution in [0.3, 0.4) is 0 Å². The number of non-ortho nitro benzene ring substituents is 1. The van der Waals surface area contributed by atoms with Crippen LogP contribution in [0.2, 0.25) is 0 Å². The first kappa shape index (κ1) is 16.3. The third-order valence-electron chi connectivity index (χ3n) is 3.49. The predicted octanol–water partition coefficient (Wildman–Crippen LogP) is 2.53. The van der Waals surface area contributed by atoms with Crippen LogP contribution in [-0.4, -0.2) is 25.7 Å². The molecule has 3 rings (SSSR count). The maximum absolute atomic E-state index is 12.3. The number of aliphatic hydroxyl groups is 1. The van der Waals surface area contributed by atoms with E-state index in [4.69, 9.17) is 5.11 Å². The molecule has 126 valence electrons. The zero-order chi connectivity index (χ0) is 17.8. The molecule has 3 aromatic rings. The van der Waals surface area contributed by atoms with E-state index >= 15 is 0 Å². The molecular formula is C17H14N4O4. The minimum absolute atomic E-state index is 0.0557. The van der Waals surface area contributed by atoms with Crippen molar-refractivity contribution < 1.29 is 14.8 Å². The van der Waals surface area contributed by atoms with Gasteiger partial charge in [0, 0.05) is 24.0 Å². The number of amides is 1. The third kappa shape index (κ3) is 3.70. The van der Waals surface area contributed by atoms with E-state index in [1.54, 1.807) is 42.6 Å². The summed E-state index contributed by atoms with van der Waals surface area (Å²) in [6.07, 6.45) is 1.55. The Labute approximate surface area is 142 Å². The molecule has 0 saturated heterocycles. The molecule has 0 radical (unpaired) electrons. The number of nitro benzene ring substituents is 1. The molecule has 0 atom stereocenters. The van der Waals surface area contributed by atoms with Crippen LogP contribution in [0.1, 0.15) is 16.1 Å². The van der Waals surface area contributed by atoms with Crippen LogP contribution in [0, 0.1) is 10.1 Å². The smallest absolute Gasteiger partial charge is 0.276 e. The first-order valence-electron chi connectivity index (χ1n) is 7.38. The molecule has 0 spiro atoms. The van der Waals surface area contributed by atoms with E-state index in [-0.39, 0.29) is 18.0 Å². The zero-order valence-electron chi connectivity index (χ0n) is 13.0. The Hall–Kier alpha value is -3.52. The summed E-state index contributed by atoms with van der Waals surface area (Å²) in [7, 11) is 0. The van der Waals surface area contributed by atoms with E-state index in [1.165, 1.54) is 22.9 Å². The van der Waals surface area contributed by atoms with E-state index < -0.39 is 10.8 Å². The third-order valence-corrected chi connectivity index (χ3v) is 3.49. The van der Waals surface area contributed by atoms with Crippen LogP contribution >= 0.6 is 0 Å². The van der Waals surface area contributed by atoms with Crippen molar-refractivity contribution in [3.05, 3.63) is 82.2 Å². The highest BCUT2D eigenvalue weighted by molar-refractivity contribution is 6.02. The molecule has 1 aromatic heterocycles. The molecule has 25 heavy (non-hydrogen) atoms. The quantitative estimate of drug-likeness (QED) is 0.548. The number of aromatic nitrogens is 2. The van der Waals surface area contributed by atoms with E-state index in [0.29, 0.717) is 16.9 Å². The van der Waals surface area contributed by atoms with Gasteiger partial charge >= 0.3 is 0 Å². The van der Waals surface area contributed by atoms with Gasteiger partial charge in [0.1, 0.15) is 0 Å². The molecule has 0 aliphatic heterocycles. The van der Waals surface area contributed by atoms with Crippen molar-refractivity contribution in [3.63, 3.8) is 0 Å². The molecule has 0 fully saturated rings. The van der Waals surface area contributed by atoms with Gasteiger partial charge in [-0.15, -0.1) is 0 Å². The molecular weight excluding hydrogens is 324 g/mol. The van der Waals surface area contributed by atoms with Crippen LogP contribution in [0.15, 0.2) is 60.8 Å². The number of aliphatic hydroxyl groups excluding tert-OH is 1. The van der Waals surface area contributed by atoms with Gasteiger partial charge in [0.15, 0.2) is 5.69 Å². The van der Waals surface area contributed by atoms with E-state index in [0.717, 1.165) is 0 Å². The molecule has 0 saturated carbocycles. The summed E-state index contributed by atoms with van der Waals surface area (Å²) in [5.74, 6) is -0.417. The van der Waals surface area contributed by atoms with Crippen molar-refractivity contribution in [2.75, 3.05) is 5.32 Å². The lowest BCUT2D eigenvalue weighted by atomic mass is 10.2. The predicted molar refractivity (Wildman–Crippen MR) is 90.5 cm³/mol. The number of carbonyl (C=O) groups is 1. The lowest BCUT2D eigenvalue weighted by Gasteiger charge is -2.05. The number of hydrogen-bond acceptors (Lipinski definition) is 5. The molecule has 0 aliphatic carbocycles. The largest absolute Gasteiger partial charge is 0.392 e. The molecule has 8 nitrogen and oxygen atoms in total. The average molecular weight is 338 g/mol. The fourth-order valence-corrected chi connectivity index (χ4v) is 2.28. The summed E-state index contributed by atoms with van der Waals surface area (Å²) in [6.45, 7) is -0.120. The standard InChI is InChI=1S/C17H14N4O4/c22-11-12-3-1-4-13(9-12)18-17(23)16-7-8-20(19-16)14-5-2-6-15(10-14)21(24)25/h1-10,22H,11H2,(H,18,23). The maximum atomic E-state index is 12.3. The van der Waals surface area contributed by atoms with Crippen molar-refractivity contribution >= 4 is 17.3 Å². The number of benzene rings is 2. The van der Waals surface area contributed by atoms with Gasteiger partial charge in [-0.2, -0.15) is 5.10 Å². The number of hydrogen-bond donors (Lipinski definition) is 2. The van der Waals surface area contributed by atoms with Gasteiger partial charge in [0.2, 0.25) is 0 Å². The lowest BCUT2D eigenvalue weighted by molar-refractivity contribution is -0.384. The highest BCUT2D eigenvalue weighted by Crippen LogP contribution is 2.17. The van der Waals surface area contributed by atoms with Crippen LogP contribution < -0.4 is 5.32 Å². The number of carbonyl (C=O) groups excluding carboxylic acids is 1. The van der Waals surface area contributed by atoms with Crippen molar-refractivity contribution in [1.82, 2.24) is 9.78 Å². The van der Waals surface area contributed by atoms with Gasteiger partial charge in [-0.25, -0.2) is 4.68 Å². The first-order chi connectivity index (χ1) is 12.1. The fraction of sp³-hybridized carbons (Fsp3) is 0.0588. The average Bonchev–Trinajstić information content (AvgIpc) is 3.12. The highest BCUT2D eigenvalue weighted by atomic mass is 16.6. The Balaban J connectivity index is 1.79. The summed E-state index contributed by atoms with van der Waals surface area (Å²) in [5.41, 5.74) is 1.82. The topological polar surface area (TPSA) is 110 Å². The summed E-state index contributed by atoms with van der Waals surface area (Å²) >= 11 is 0. The van der Waals surface area contributed by atoms with Gasteiger partial charge in [0.05, 0.1) is 17.2 Å². The van der Waals surface area contributed by atoms with Crippen LogP contribution in [0.5, 0.6) is 0 Å². The number of rotatable bonds is 5. The van der Waals surface area contributed by atoms with E-state index in [9.17, 15) is 14.9 Å². The first-order valence-corrected chi connectivity index (χ1v) is 7.38. The van der Waals surface area contributed by atoms with E-state index in [2.05, 4.69) is 10.4 Å². The summed E-state index contributed by atoms with van der Waals surface area (Å²) in [5, 5.41) is 26.8. The van der Waals surface area contributed by atoms with Gasteiger partial charge in [0.25, 0.3) is 11.6 Å². The minimum Gasteiger partial charge on any atom is -0.392 e. The zero-order valence-corrected chi connectivity index (χ0v) is 13.0. The van der Waals surface area contributed by atoms with Gasteiger partial charge < -0.3 is 10.4 Å². The number of nitrogens with one attached hydrogen (secondary N) is 1. The second-order valence-corrected chi connectivity index (χ2v) is 5.24. The van der Waals surface area contributed by atoms with Crippen LogP contribution in [0.25, 0.3) is 5.69 Å². The number of nitro groups is 1. The summed E-state index contributed by atoms with van der Waals surface area (Å²) < 4.78 is 1.39. The molecule has 2 N–H and O–H groups in total. The molecule has 2 aromatic carbocycles. The van der Waals surface area contributed by atoms with E-state index in [1.807, 2.05) is 0 Å². The second kappa shape index (κ2) is 6.93. The highest BCUT2D eigenvalue weighted by Gasteiger charge is 2.12. The Morgan fingerprint density at radius 1 is 1.20 bits per heavy atom. The molecule has 1 heterocycles. The Kier molecular flexibility index (Phi) is 4.53. The van der Waals surface area contributed by atoms with Gasteiger partial charge in [-0.05, 0) is 29.8 Å². The molecule has 0 bridgehead atoms. The second-order valence-electron chi connectivity index (χ2n) is 5.24. The maximum Gasteiger partial charge on any atom is 0.276 e. The number of anilines is 1. The van der Waals surface area contributed by atoms with Crippen molar-refractivity contribution in [1.29, 1.82) is 0 Å². The van der Waals surface area contributed by atoms with Crippen LogP contribution in [-0.2, 0) is 6.61 Å². The molecule has 0 aliphatic rings. The Morgan fingerprint density at radius 3 is 2.76 bits per heavy atom. The summed E-state index contributed by atoms with van der Waals surface area (Å²) in [6, 6.07) is 14.3. The van der Waals surface area contributed by atoms with Crippen LogP contribution in [0.4, 0.5) is 11.4 Å². The van der Waals surface area contributed by atoms with Gasteiger partial charge in [-0.3, -0.25) is 14.9 Å². The fourth-order valence-electron chi connectivity index (χ4n) is 2.28. The molecule has 8 heteroatoms. The van der Waals surface area contributed by atoms with Crippen molar-refractivity contribution in [2.45, 2.75) is 6.61 Å². The minimum atomic E-state index is -0.491. The monoisotopic (exact) mass is 338 g/mol. The normalized spacial score (nSPS) is 10.4. The lowest BCUT2D eigenvalue weighted by Crippen LogP contribution is -2.13. The Morgan fingerprint density at radius 2 is 2.00 bits per heavy atom. The number of nitrogens with zero attached hydrogens (tertiary/aromatic N) is 3. The SMILES string of the molecule is O=C(Nc1cccc(CO)c1)c1ccn(-c2cccc([N+](=O)[O-])c2)n1. The van der Waals surface area contributed by atoms with Gasteiger partial charge in [-0.1, -0.05) is 18.2 Å².